The molecule has 0 radical (unpaired) electrons. The number of hydrogen-bond donors (Lipinski definition) is 1. The number of likely N-dealkylation sites (N-methyl/N-ethyl adjacent to an activating group) is 1. The molecule has 1 aliphatic carbocycles. The Morgan fingerprint density at radius 1 is 0.947 bits per heavy atom. The fourth-order valence-corrected chi connectivity index (χ4v) is 4.90. The standard InChI is InChI=1S/C31H33N3O4/c1-3-33-30(36)29(38-31(33)32-23-7-5-4-6-8-23)21-22-9-11-24(12-10-22)34(25-13-17-27(35)18-14-25)26-15-19-28(37-2)20-16-26/h9-21,23,35H,3-8H2,1-2H3/b29-21+,32-31?. The number of carbonyl (C=O) groups is 1. The van der Waals surface area contributed by atoms with Crippen LogP contribution in [0.3, 0.4) is 0 Å². The summed E-state index contributed by atoms with van der Waals surface area (Å²) in [6.45, 7) is 2.45. The highest BCUT2D eigenvalue weighted by Gasteiger charge is 2.34. The van der Waals surface area contributed by atoms with Crippen molar-refractivity contribution in [1.82, 2.24) is 4.90 Å². The van der Waals surface area contributed by atoms with E-state index in [9.17, 15) is 9.90 Å². The SMILES string of the molecule is CCN1C(=O)/C(=C\c2ccc(N(c3ccc(O)cc3)c3ccc(OC)cc3)cc2)OC1=NC1CCCCC1. The lowest BCUT2D eigenvalue weighted by Gasteiger charge is -2.25. The Balaban J connectivity index is 1.41. The van der Waals surface area contributed by atoms with Gasteiger partial charge in [0.15, 0.2) is 5.76 Å². The highest BCUT2D eigenvalue weighted by Crippen LogP contribution is 2.36. The molecule has 1 saturated carbocycles. The zero-order valence-electron chi connectivity index (χ0n) is 21.8. The molecule has 3 aromatic rings. The van der Waals surface area contributed by atoms with Crippen LogP contribution in [0.15, 0.2) is 83.5 Å². The number of aliphatic imine (C=N–C) groups is 1. The summed E-state index contributed by atoms with van der Waals surface area (Å²) in [5.41, 5.74) is 3.62. The lowest BCUT2D eigenvalue weighted by Crippen LogP contribution is -2.30. The number of hydrogen-bond acceptors (Lipinski definition) is 6. The van der Waals surface area contributed by atoms with Gasteiger partial charge in [0.05, 0.1) is 13.2 Å². The van der Waals surface area contributed by atoms with Gasteiger partial charge in [0.25, 0.3) is 5.91 Å². The van der Waals surface area contributed by atoms with Crippen LogP contribution in [0.2, 0.25) is 0 Å². The minimum Gasteiger partial charge on any atom is -0.508 e. The summed E-state index contributed by atoms with van der Waals surface area (Å²) in [6.07, 6.45) is 7.47. The molecule has 1 saturated heterocycles. The van der Waals surface area contributed by atoms with Crippen molar-refractivity contribution in [2.24, 2.45) is 4.99 Å². The molecular weight excluding hydrogens is 478 g/mol. The zero-order chi connectivity index (χ0) is 26.5. The quantitative estimate of drug-likeness (QED) is 0.354. The van der Waals surface area contributed by atoms with Gasteiger partial charge < -0.3 is 19.5 Å². The molecule has 196 valence electrons. The van der Waals surface area contributed by atoms with Crippen LogP contribution in [0.25, 0.3) is 6.08 Å². The number of rotatable bonds is 7. The van der Waals surface area contributed by atoms with E-state index in [2.05, 4.69) is 4.90 Å². The second-order valence-electron chi connectivity index (χ2n) is 9.50. The summed E-state index contributed by atoms with van der Waals surface area (Å²) >= 11 is 0. The van der Waals surface area contributed by atoms with Crippen LogP contribution in [0.1, 0.15) is 44.6 Å². The average molecular weight is 512 g/mol. The first kappa shape index (κ1) is 25.4. The summed E-state index contributed by atoms with van der Waals surface area (Å²) in [4.78, 5) is 21.5. The van der Waals surface area contributed by atoms with Gasteiger partial charge in [-0.2, -0.15) is 0 Å². The summed E-state index contributed by atoms with van der Waals surface area (Å²) in [5.74, 6) is 1.11. The van der Waals surface area contributed by atoms with E-state index in [-0.39, 0.29) is 17.7 Å². The van der Waals surface area contributed by atoms with Crippen LogP contribution in [0, 0.1) is 0 Å². The smallest absolute Gasteiger partial charge is 0.300 e. The van der Waals surface area contributed by atoms with Crippen molar-refractivity contribution < 1.29 is 19.4 Å². The molecule has 1 aliphatic heterocycles. The fourth-order valence-electron chi connectivity index (χ4n) is 4.90. The molecule has 0 bridgehead atoms. The van der Waals surface area contributed by atoms with Crippen molar-refractivity contribution in [2.75, 3.05) is 18.6 Å². The van der Waals surface area contributed by atoms with Gasteiger partial charge in [-0.05, 0) is 92.1 Å². The van der Waals surface area contributed by atoms with Gasteiger partial charge in [-0.25, -0.2) is 4.99 Å². The van der Waals surface area contributed by atoms with Crippen LogP contribution in [-0.2, 0) is 9.53 Å². The molecule has 2 aliphatic rings. The van der Waals surface area contributed by atoms with Gasteiger partial charge in [0.1, 0.15) is 11.5 Å². The number of phenols is 1. The number of carbonyl (C=O) groups excluding carboxylic acids is 1. The Morgan fingerprint density at radius 3 is 2.11 bits per heavy atom. The third kappa shape index (κ3) is 5.52. The third-order valence-corrected chi connectivity index (χ3v) is 6.96. The topological polar surface area (TPSA) is 74.6 Å². The van der Waals surface area contributed by atoms with E-state index in [4.69, 9.17) is 14.5 Å². The van der Waals surface area contributed by atoms with Crippen LogP contribution in [0.4, 0.5) is 17.1 Å². The minimum atomic E-state index is -0.157. The maximum Gasteiger partial charge on any atom is 0.300 e. The fraction of sp³-hybridized carbons (Fsp3) is 0.290. The number of anilines is 3. The Morgan fingerprint density at radius 2 is 1.53 bits per heavy atom. The van der Waals surface area contributed by atoms with E-state index < -0.39 is 0 Å². The van der Waals surface area contributed by atoms with Gasteiger partial charge in [-0.1, -0.05) is 31.4 Å². The molecule has 7 nitrogen and oxygen atoms in total. The number of nitrogens with zero attached hydrogens (tertiary/aromatic N) is 3. The zero-order valence-corrected chi connectivity index (χ0v) is 21.8. The van der Waals surface area contributed by atoms with Crippen molar-refractivity contribution in [3.05, 3.63) is 84.1 Å². The molecule has 1 N–H and O–H groups in total. The van der Waals surface area contributed by atoms with E-state index in [1.807, 2.05) is 67.6 Å². The molecule has 0 aromatic heterocycles. The first-order valence-corrected chi connectivity index (χ1v) is 13.2. The van der Waals surface area contributed by atoms with Crippen LogP contribution in [-0.4, -0.2) is 41.6 Å². The second kappa shape index (κ2) is 11.4. The number of benzene rings is 3. The van der Waals surface area contributed by atoms with Gasteiger partial charge in [0.2, 0.25) is 0 Å². The van der Waals surface area contributed by atoms with Crippen molar-refractivity contribution >= 4 is 35.1 Å². The Labute approximate surface area is 223 Å². The van der Waals surface area contributed by atoms with Crippen molar-refractivity contribution in [1.29, 1.82) is 0 Å². The number of aromatic hydroxyl groups is 1. The minimum absolute atomic E-state index is 0.157. The molecule has 7 heteroatoms. The molecule has 38 heavy (non-hydrogen) atoms. The van der Waals surface area contributed by atoms with Gasteiger partial charge in [-0.3, -0.25) is 9.69 Å². The van der Waals surface area contributed by atoms with Gasteiger partial charge >= 0.3 is 6.02 Å². The second-order valence-corrected chi connectivity index (χ2v) is 9.50. The highest BCUT2D eigenvalue weighted by atomic mass is 16.5. The van der Waals surface area contributed by atoms with Crippen molar-refractivity contribution in [2.45, 2.75) is 45.1 Å². The number of amidine groups is 1. The molecule has 0 spiro atoms. The summed E-state index contributed by atoms with van der Waals surface area (Å²) in [6, 6.07) is 23.4. The van der Waals surface area contributed by atoms with Crippen LogP contribution >= 0.6 is 0 Å². The van der Waals surface area contributed by atoms with Crippen molar-refractivity contribution in [3.8, 4) is 11.5 Å². The van der Waals surface area contributed by atoms with E-state index >= 15 is 0 Å². The first-order chi connectivity index (χ1) is 18.6. The lowest BCUT2D eigenvalue weighted by molar-refractivity contribution is -0.122. The molecule has 1 heterocycles. The molecule has 3 aromatic carbocycles. The first-order valence-electron chi connectivity index (χ1n) is 13.2. The molecule has 0 atom stereocenters. The highest BCUT2D eigenvalue weighted by molar-refractivity contribution is 6.11. The van der Waals surface area contributed by atoms with E-state index in [0.717, 1.165) is 41.2 Å². The normalized spacial score (nSPS) is 18.2. The monoisotopic (exact) mass is 511 g/mol. The molecular formula is C31H33N3O4. The van der Waals surface area contributed by atoms with E-state index in [1.165, 1.54) is 19.3 Å². The Bertz CT molecular complexity index is 1310. The van der Waals surface area contributed by atoms with E-state index in [1.54, 1.807) is 30.2 Å². The average Bonchev–Trinajstić information content (AvgIpc) is 3.24. The number of ether oxygens (including phenoxy) is 2. The van der Waals surface area contributed by atoms with E-state index in [0.29, 0.717) is 18.3 Å². The Kier molecular flexibility index (Phi) is 7.63. The number of phenolic OH excluding ortho intramolecular Hbond substituents is 1. The maximum atomic E-state index is 13.0. The molecule has 1 amide bonds. The van der Waals surface area contributed by atoms with Gasteiger partial charge in [0, 0.05) is 23.6 Å². The molecule has 2 fully saturated rings. The predicted molar refractivity (Wildman–Crippen MR) is 150 cm³/mol. The van der Waals surface area contributed by atoms with Crippen LogP contribution < -0.4 is 9.64 Å². The summed E-state index contributed by atoms with van der Waals surface area (Å²) in [7, 11) is 1.64. The lowest BCUT2D eigenvalue weighted by atomic mass is 9.96. The Hall–Kier alpha value is -4.26. The largest absolute Gasteiger partial charge is 0.508 e. The van der Waals surface area contributed by atoms with Crippen molar-refractivity contribution in [3.63, 3.8) is 0 Å². The van der Waals surface area contributed by atoms with Crippen LogP contribution in [0.5, 0.6) is 11.5 Å². The summed E-state index contributed by atoms with van der Waals surface area (Å²) < 4.78 is 11.3. The molecule has 5 rings (SSSR count). The van der Waals surface area contributed by atoms with Gasteiger partial charge in [-0.15, -0.1) is 0 Å². The number of amides is 1. The third-order valence-electron chi connectivity index (χ3n) is 6.96. The number of methoxy groups -OCH3 is 1. The predicted octanol–water partition coefficient (Wildman–Crippen LogP) is 6.78. The maximum absolute atomic E-state index is 13.0. The molecule has 0 unspecified atom stereocenters. The summed E-state index contributed by atoms with van der Waals surface area (Å²) in [5, 5.41) is 9.80.